The minimum Gasteiger partial charge on any atom is -0.463 e. The van der Waals surface area contributed by atoms with E-state index >= 15 is 0 Å². The van der Waals surface area contributed by atoms with Gasteiger partial charge in [-0.1, -0.05) is 0 Å². The fourth-order valence-corrected chi connectivity index (χ4v) is 7.90. The zero-order valence-electron chi connectivity index (χ0n) is 39.1. The molecule has 1 amide bonds. The van der Waals surface area contributed by atoms with Gasteiger partial charge in [-0.3, -0.25) is 47.9 Å². The molecule has 4 aliphatic heterocycles. The van der Waals surface area contributed by atoms with Crippen LogP contribution in [-0.2, 0) is 124 Å². The molecule has 0 saturated carbocycles. The summed E-state index contributed by atoms with van der Waals surface area (Å²) >= 11 is 0. The third kappa shape index (κ3) is 15.0. The van der Waals surface area contributed by atoms with E-state index in [1.54, 1.807) is 0 Å². The van der Waals surface area contributed by atoms with Gasteiger partial charge in [0.25, 0.3) is 5.79 Å². The summed E-state index contributed by atoms with van der Waals surface area (Å²) in [7, 11) is 0. The number of nitrogens with one attached hydrogen (secondary N) is 1. The molecule has 4 heterocycles. The molecule has 0 aromatic rings. The normalized spacial score (nSPS) is 32.4. The van der Waals surface area contributed by atoms with Crippen molar-refractivity contribution in [3.05, 3.63) is 0 Å². The van der Waals surface area contributed by atoms with Gasteiger partial charge in [0.1, 0.15) is 56.4 Å². The Bertz CT molecular complexity index is 1970. The molecule has 2 N–H and O–H groups in total. The van der Waals surface area contributed by atoms with Crippen molar-refractivity contribution in [3.63, 3.8) is 0 Å². The quantitative estimate of drug-likeness (QED) is 0.111. The summed E-state index contributed by atoms with van der Waals surface area (Å²) in [5.41, 5.74) is 0. The molecule has 0 radical (unpaired) electrons. The highest BCUT2D eigenvalue weighted by Gasteiger charge is 2.67. The summed E-state index contributed by atoms with van der Waals surface area (Å²) in [5, 5.41) is 13.5. The van der Waals surface area contributed by atoms with Crippen LogP contribution >= 0.6 is 0 Å². The summed E-state index contributed by atoms with van der Waals surface area (Å²) in [6.45, 7) is 7.57. The van der Waals surface area contributed by atoms with E-state index in [2.05, 4.69) is 5.32 Å². The molecule has 28 heteroatoms. The van der Waals surface area contributed by atoms with Crippen LogP contribution in [0.3, 0.4) is 0 Å². The number of hydrogen-bond donors (Lipinski definition) is 2. The van der Waals surface area contributed by atoms with E-state index in [1.165, 1.54) is 0 Å². The molecule has 28 nitrogen and oxygen atoms in total. The van der Waals surface area contributed by atoms with E-state index in [0.717, 1.165) is 69.2 Å². The SMILES string of the molecule is CC(=O)N[C@H]1[C@H]([C@H](OC(C)=O)[C@@H](COC(C)=O)OC(C)=O)O[C@@]2(C[C@@H]1OC(C)=O)O[C@H]1[C@@H](OC2=O)[C@@H](COC(C)=O)O[C@@H](O[C@H]2[C@H](OC(C)=O)[C@@H](OC(C)=O)C(O)O[C@@H]2COC(C)=O)[C@@H]1OC(C)=O. The third-order valence-corrected chi connectivity index (χ3v) is 10.2. The fraction of sp³-hybridized carbons (Fsp3) is 0.732. The molecular formula is C41H55NO27. The van der Waals surface area contributed by atoms with Gasteiger partial charge in [-0.25, -0.2) is 4.79 Å². The largest absolute Gasteiger partial charge is 0.463 e. The first-order valence-electron chi connectivity index (χ1n) is 21.1. The summed E-state index contributed by atoms with van der Waals surface area (Å²) < 4.78 is 85.3. The maximum absolute atomic E-state index is 14.6. The van der Waals surface area contributed by atoms with Crippen LogP contribution in [-0.4, -0.2) is 188 Å². The van der Waals surface area contributed by atoms with Crippen LogP contribution in [0.2, 0.25) is 0 Å². The second-order valence-electron chi connectivity index (χ2n) is 15.9. The van der Waals surface area contributed by atoms with Crippen molar-refractivity contribution < 1.29 is 129 Å². The van der Waals surface area contributed by atoms with Crippen LogP contribution in [0.5, 0.6) is 0 Å². The molecule has 4 fully saturated rings. The average Bonchev–Trinajstić information content (AvgIpc) is 3.21. The van der Waals surface area contributed by atoms with Crippen molar-refractivity contribution in [2.24, 2.45) is 0 Å². The van der Waals surface area contributed by atoms with Crippen LogP contribution in [0.4, 0.5) is 0 Å². The smallest absolute Gasteiger partial charge is 0.367 e. The Labute approximate surface area is 392 Å². The Kier molecular flexibility index (Phi) is 19.3. The Balaban J connectivity index is 1.95. The molecule has 0 bridgehead atoms. The molecule has 4 saturated heterocycles. The van der Waals surface area contributed by atoms with Gasteiger partial charge < -0.3 is 81.5 Å². The van der Waals surface area contributed by atoms with Gasteiger partial charge >= 0.3 is 59.7 Å². The maximum atomic E-state index is 14.6. The van der Waals surface area contributed by atoms with Gasteiger partial charge in [-0.05, 0) is 0 Å². The molecule has 4 rings (SSSR count). The van der Waals surface area contributed by atoms with Crippen molar-refractivity contribution in [2.45, 2.75) is 173 Å². The first-order chi connectivity index (χ1) is 32.2. The first kappa shape index (κ1) is 55.5. The van der Waals surface area contributed by atoms with Gasteiger partial charge in [0.2, 0.25) is 5.91 Å². The maximum Gasteiger partial charge on any atom is 0.367 e. The van der Waals surface area contributed by atoms with Crippen LogP contribution in [0.1, 0.15) is 75.7 Å². The highest BCUT2D eigenvalue weighted by molar-refractivity contribution is 5.80. The molecule has 386 valence electrons. The van der Waals surface area contributed by atoms with Gasteiger partial charge in [0.05, 0.1) is 12.5 Å². The number of carbonyl (C=O) groups excluding carboxylic acids is 11. The highest BCUT2D eigenvalue weighted by atomic mass is 16.8. The lowest BCUT2D eigenvalue weighted by molar-refractivity contribution is -0.404. The number of hydrogen-bond acceptors (Lipinski definition) is 27. The molecule has 1 unspecified atom stereocenters. The summed E-state index contributed by atoms with van der Waals surface area (Å²) in [4.78, 5) is 139. The van der Waals surface area contributed by atoms with Crippen molar-refractivity contribution in [2.75, 3.05) is 19.8 Å². The van der Waals surface area contributed by atoms with Crippen LogP contribution in [0, 0.1) is 0 Å². The number of aliphatic hydroxyl groups excluding tert-OH is 1. The molecule has 0 aromatic carbocycles. The topological polar surface area (TPSA) is 358 Å². The molecule has 16 atom stereocenters. The van der Waals surface area contributed by atoms with E-state index < -0.39 is 189 Å². The fourth-order valence-electron chi connectivity index (χ4n) is 7.90. The minimum absolute atomic E-state index is 0.718. The Morgan fingerprint density at radius 3 is 1.67 bits per heavy atom. The second kappa shape index (κ2) is 24.0. The van der Waals surface area contributed by atoms with Gasteiger partial charge in [-0.2, -0.15) is 0 Å². The number of aliphatic hydroxyl groups is 1. The lowest BCUT2D eigenvalue weighted by Gasteiger charge is -2.55. The van der Waals surface area contributed by atoms with E-state index in [4.69, 9.17) is 71.1 Å². The number of amides is 1. The van der Waals surface area contributed by atoms with Crippen molar-refractivity contribution in [3.8, 4) is 0 Å². The van der Waals surface area contributed by atoms with Crippen molar-refractivity contribution in [1.29, 1.82) is 0 Å². The number of ether oxygens (including phenoxy) is 15. The molecule has 4 aliphatic rings. The lowest BCUT2D eigenvalue weighted by atomic mass is 9.86. The number of carbonyl (C=O) groups is 11. The monoisotopic (exact) mass is 993 g/mol. The van der Waals surface area contributed by atoms with Crippen LogP contribution in [0.15, 0.2) is 0 Å². The molecule has 69 heavy (non-hydrogen) atoms. The Hall–Kier alpha value is -6.07. The van der Waals surface area contributed by atoms with Gasteiger partial charge in [0.15, 0.2) is 49.2 Å². The van der Waals surface area contributed by atoms with Crippen molar-refractivity contribution >= 4 is 65.6 Å². The van der Waals surface area contributed by atoms with Gasteiger partial charge in [0, 0.05) is 69.2 Å². The molecule has 0 aromatic heterocycles. The minimum atomic E-state index is -2.87. The van der Waals surface area contributed by atoms with Gasteiger partial charge in [-0.15, -0.1) is 0 Å². The molecular weight excluding hydrogens is 938 g/mol. The Morgan fingerprint density at radius 2 is 1.14 bits per heavy atom. The average molecular weight is 994 g/mol. The lowest BCUT2D eigenvalue weighted by Crippen LogP contribution is -2.75. The third-order valence-electron chi connectivity index (χ3n) is 10.2. The first-order valence-corrected chi connectivity index (χ1v) is 21.1. The predicted molar refractivity (Wildman–Crippen MR) is 212 cm³/mol. The van der Waals surface area contributed by atoms with E-state index in [-0.39, 0.29) is 0 Å². The zero-order valence-corrected chi connectivity index (χ0v) is 39.1. The second-order valence-corrected chi connectivity index (χ2v) is 15.9. The van der Waals surface area contributed by atoms with Crippen LogP contribution in [0.25, 0.3) is 0 Å². The summed E-state index contributed by atoms with van der Waals surface area (Å²) in [6.07, 6.45) is -26.5. The number of esters is 10. The van der Waals surface area contributed by atoms with Crippen LogP contribution < -0.4 is 5.32 Å². The molecule has 0 aliphatic carbocycles. The molecule has 1 spiro atoms. The summed E-state index contributed by atoms with van der Waals surface area (Å²) in [6, 6.07) is -1.60. The van der Waals surface area contributed by atoms with E-state index in [0.29, 0.717) is 0 Å². The number of rotatable bonds is 17. The zero-order chi connectivity index (χ0) is 51.7. The van der Waals surface area contributed by atoms with E-state index in [9.17, 15) is 57.8 Å². The summed E-state index contributed by atoms with van der Waals surface area (Å²) in [5.74, 6) is -13.8. The Morgan fingerprint density at radius 1 is 0.609 bits per heavy atom. The van der Waals surface area contributed by atoms with E-state index in [1.807, 2.05) is 0 Å². The predicted octanol–water partition coefficient (Wildman–Crippen LogP) is -2.61. The standard InChI is InChI=1S/C41H55NO27/c1-15(43)42-29-25(58-19(5)47)11-41(68-33(29)30(60-21(7)49)26(59-20(6)48)12-55-16(2)44)40(54)67-32-28(14-57-18(4)46)65-39(37(35(32)69-41)63-24(10)52)66-31-27(13-56-17(3)45)64-38(53)36(62-23(9)51)34(31)61-22(8)50/h25-39,53H,11-14H2,1-10H3,(H,42,43)/t25-,26+,27+,28+,29+,30+,31+,32-,33+,34-,35-,36+,37+,38?,39-,41-/m0/s1. The highest BCUT2D eigenvalue weighted by Crippen LogP contribution is 2.45. The number of fused-ring (bicyclic) bond motifs is 1. The van der Waals surface area contributed by atoms with Crippen molar-refractivity contribution in [1.82, 2.24) is 5.32 Å².